The topological polar surface area (TPSA) is 38.5 Å². The molecule has 3 nitrogen and oxygen atoms in total. The first kappa shape index (κ1) is 14.3. The number of methoxy groups -OCH3 is 1. The smallest absolute Gasteiger partial charge is 0.123 e. The minimum atomic E-state index is -0.229. The fourth-order valence-electron chi connectivity index (χ4n) is 2.78. The summed E-state index contributed by atoms with van der Waals surface area (Å²) in [5.41, 5.74) is 6.78. The van der Waals surface area contributed by atoms with Crippen molar-refractivity contribution in [1.29, 1.82) is 0 Å². The molecule has 0 saturated carbocycles. The predicted molar refractivity (Wildman–Crippen MR) is 75.0 cm³/mol. The highest BCUT2D eigenvalue weighted by Crippen LogP contribution is 2.28. The van der Waals surface area contributed by atoms with Gasteiger partial charge in [-0.15, -0.1) is 0 Å². The molecule has 0 aliphatic carbocycles. The SMILES string of the molecule is COc1ccc(F)cc1C(CN)CN1CCCCC1. The van der Waals surface area contributed by atoms with Crippen molar-refractivity contribution in [3.05, 3.63) is 29.6 Å². The first-order valence-corrected chi connectivity index (χ1v) is 7.00. The highest BCUT2D eigenvalue weighted by Gasteiger charge is 2.20. The molecule has 1 aliphatic heterocycles. The second-order valence-corrected chi connectivity index (χ2v) is 5.18. The van der Waals surface area contributed by atoms with Crippen LogP contribution in [-0.2, 0) is 0 Å². The van der Waals surface area contributed by atoms with Gasteiger partial charge in [-0.25, -0.2) is 4.39 Å². The Kier molecular flexibility index (Phi) is 5.16. The third kappa shape index (κ3) is 3.67. The van der Waals surface area contributed by atoms with Crippen molar-refractivity contribution in [2.75, 3.05) is 33.3 Å². The summed E-state index contributed by atoms with van der Waals surface area (Å²) in [6.07, 6.45) is 3.81. The molecule has 1 atom stereocenters. The van der Waals surface area contributed by atoms with E-state index in [1.807, 2.05) is 0 Å². The summed E-state index contributed by atoms with van der Waals surface area (Å²) in [4.78, 5) is 2.42. The number of nitrogens with two attached hydrogens (primary N) is 1. The molecule has 1 aromatic rings. The minimum absolute atomic E-state index is 0.128. The third-order valence-corrected chi connectivity index (χ3v) is 3.84. The lowest BCUT2D eigenvalue weighted by Crippen LogP contribution is -2.35. The monoisotopic (exact) mass is 266 g/mol. The number of rotatable bonds is 5. The van der Waals surface area contributed by atoms with E-state index in [4.69, 9.17) is 10.5 Å². The molecule has 1 aliphatic rings. The number of halogens is 1. The average Bonchev–Trinajstić information content (AvgIpc) is 2.46. The largest absolute Gasteiger partial charge is 0.496 e. The molecule has 0 aromatic heterocycles. The molecule has 1 heterocycles. The Hall–Kier alpha value is -1.13. The van der Waals surface area contributed by atoms with Crippen LogP contribution in [0.1, 0.15) is 30.7 Å². The van der Waals surface area contributed by atoms with Gasteiger partial charge in [0.25, 0.3) is 0 Å². The molecule has 1 aromatic carbocycles. The van der Waals surface area contributed by atoms with Crippen molar-refractivity contribution in [3.63, 3.8) is 0 Å². The summed E-state index contributed by atoms with van der Waals surface area (Å²) >= 11 is 0. The lowest BCUT2D eigenvalue weighted by Gasteiger charge is -2.30. The lowest BCUT2D eigenvalue weighted by atomic mass is 9.96. The van der Waals surface area contributed by atoms with E-state index in [1.54, 1.807) is 19.2 Å². The van der Waals surface area contributed by atoms with Crippen molar-refractivity contribution in [2.45, 2.75) is 25.2 Å². The quantitative estimate of drug-likeness (QED) is 0.889. The van der Waals surface area contributed by atoms with Gasteiger partial charge >= 0.3 is 0 Å². The predicted octanol–water partition coefficient (Wildman–Crippen LogP) is 2.36. The normalized spacial score (nSPS) is 18.3. The Balaban J connectivity index is 2.13. The summed E-state index contributed by atoms with van der Waals surface area (Å²) in [7, 11) is 1.62. The third-order valence-electron chi connectivity index (χ3n) is 3.84. The Morgan fingerprint density at radius 2 is 2.05 bits per heavy atom. The van der Waals surface area contributed by atoms with Gasteiger partial charge in [-0.2, -0.15) is 0 Å². The van der Waals surface area contributed by atoms with Crippen molar-refractivity contribution < 1.29 is 9.13 Å². The minimum Gasteiger partial charge on any atom is -0.496 e. The van der Waals surface area contributed by atoms with Gasteiger partial charge in [-0.3, -0.25) is 0 Å². The summed E-state index contributed by atoms with van der Waals surface area (Å²) in [6, 6.07) is 4.67. The van der Waals surface area contributed by atoms with E-state index in [9.17, 15) is 4.39 Å². The van der Waals surface area contributed by atoms with E-state index in [0.29, 0.717) is 6.54 Å². The van der Waals surface area contributed by atoms with Gasteiger partial charge in [-0.05, 0) is 44.1 Å². The number of benzene rings is 1. The van der Waals surface area contributed by atoms with Gasteiger partial charge in [-0.1, -0.05) is 6.42 Å². The Bertz CT molecular complexity index is 405. The van der Waals surface area contributed by atoms with E-state index in [-0.39, 0.29) is 11.7 Å². The van der Waals surface area contributed by atoms with Crippen LogP contribution in [0.4, 0.5) is 4.39 Å². The maximum absolute atomic E-state index is 13.4. The number of piperidine rings is 1. The standard InChI is InChI=1S/C15H23FN2O/c1-19-15-6-5-13(16)9-14(15)12(10-17)11-18-7-3-2-4-8-18/h5-6,9,12H,2-4,7-8,10-11,17H2,1H3. The molecular formula is C15H23FN2O. The van der Waals surface area contributed by atoms with E-state index in [0.717, 1.165) is 30.9 Å². The maximum atomic E-state index is 13.4. The number of likely N-dealkylation sites (tertiary alicyclic amines) is 1. The first-order valence-electron chi connectivity index (χ1n) is 7.00. The summed E-state index contributed by atoms with van der Waals surface area (Å²) in [5, 5.41) is 0. The fourth-order valence-corrected chi connectivity index (χ4v) is 2.78. The molecule has 2 N–H and O–H groups in total. The molecule has 19 heavy (non-hydrogen) atoms. The van der Waals surface area contributed by atoms with Crippen LogP contribution in [0.15, 0.2) is 18.2 Å². The molecule has 2 rings (SSSR count). The van der Waals surface area contributed by atoms with Crippen LogP contribution in [-0.4, -0.2) is 38.2 Å². The van der Waals surface area contributed by atoms with Crippen molar-refractivity contribution in [1.82, 2.24) is 4.90 Å². The molecule has 1 fully saturated rings. The van der Waals surface area contributed by atoms with Crippen LogP contribution < -0.4 is 10.5 Å². The Labute approximate surface area is 114 Å². The summed E-state index contributed by atoms with van der Waals surface area (Å²) in [5.74, 6) is 0.630. The number of ether oxygens (including phenoxy) is 1. The van der Waals surface area contributed by atoms with Gasteiger partial charge in [0, 0.05) is 24.6 Å². The van der Waals surface area contributed by atoms with Crippen molar-refractivity contribution >= 4 is 0 Å². The lowest BCUT2D eigenvalue weighted by molar-refractivity contribution is 0.215. The van der Waals surface area contributed by atoms with Gasteiger partial charge in [0.05, 0.1) is 7.11 Å². The van der Waals surface area contributed by atoms with Crippen LogP contribution in [0.3, 0.4) is 0 Å². The summed E-state index contributed by atoms with van der Waals surface area (Å²) < 4.78 is 18.8. The average molecular weight is 266 g/mol. The Morgan fingerprint density at radius 1 is 1.32 bits per heavy atom. The van der Waals surface area contributed by atoms with E-state index >= 15 is 0 Å². The van der Waals surface area contributed by atoms with Gasteiger partial charge in [0.1, 0.15) is 11.6 Å². The second kappa shape index (κ2) is 6.87. The van der Waals surface area contributed by atoms with Crippen LogP contribution in [0, 0.1) is 5.82 Å². The second-order valence-electron chi connectivity index (χ2n) is 5.18. The summed E-state index contributed by atoms with van der Waals surface area (Å²) in [6.45, 7) is 3.63. The molecule has 0 spiro atoms. The molecule has 0 radical (unpaired) electrons. The van der Waals surface area contributed by atoms with E-state index in [2.05, 4.69) is 4.90 Å². The fraction of sp³-hybridized carbons (Fsp3) is 0.600. The van der Waals surface area contributed by atoms with Gasteiger partial charge < -0.3 is 15.4 Å². The first-order chi connectivity index (χ1) is 9.24. The molecule has 106 valence electrons. The van der Waals surface area contributed by atoms with Crippen LogP contribution in [0.2, 0.25) is 0 Å². The van der Waals surface area contributed by atoms with Crippen LogP contribution >= 0.6 is 0 Å². The van der Waals surface area contributed by atoms with Crippen LogP contribution in [0.25, 0.3) is 0 Å². The molecule has 4 heteroatoms. The van der Waals surface area contributed by atoms with Gasteiger partial charge in [0.2, 0.25) is 0 Å². The van der Waals surface area contributed by atoms with Gasteiger partial charge in [0.15, 0.2) is 0 Å². The van der Waals surface area contributed by atoms with E-state index in [1.165, 1.54) is 25.3 Å². The van der Waals surface area contributed by atoms with E-state index < -0.39 is 0 Å². The zero-order valence-corrected chi connectivity index (χ0v) is 11.6. The molecule has 0 bridgehead atoms. The van der Waals surface area contributed by atoms with Crippen molar-refractivity contribution in [3.8, 4) is 5.75 Å². The van der Waals surface area contributed by atoms with Crippen LogP contribution in [0.5, 0.6) is 5.75 Å². The zero-order valence-electron chi connectivity index (χ0n) is 11.6. The maximum Gasteiger partial charge on any atom is 0.123 e. The molecule has 1 saturated heterocycles. The highest BCUT2D eigenvalue weighted by molar-refractivity contribution is 5.37. The molecule has 1 unspecified atom stereocenters. The number of hydrogen-bond acceptors (Lipinski definition) is 3. The number of hydrogen-bond donors (Lipinski definition) is 1. The van der Waals surface area contributed by atoms with Crippen molar-refractivity contribution in [2.24, 2.45) is 5.73 Å². The number of nitrogens with zero attached hydrogens (tertiary/aromatic N) is 1. The highest BCUT2D eigenvalue weighted by atomic mass is 19.1. The zero-order chi connectivity index (χ0) is 13.7. The molecule has 0 amide bonds. The molecular weight excluding hydrogens is 243 g/mol. The Morgan fingerprint density at radius 3 is 2.68 bits per heavy atom.